The highest BCUT2D eigenvalue weighted by molar-refractivity contribution is 5.87. The van der Waals surface area contributed by atoms with E-state index in [0.717, 1.165) is 12.8 Å². The van der Waals surface area contributed by atoms with Crippen LogP contribution < -0.4 is 0 Å². The van der Waals surface area contributed by atoms with Gasteiger partial charge in [0.1, 0.15) is 5.60 Å². The van der Waals surface area contributed by atoms with Gasteiger partial charge in [-0.05, 0) is 25.0 Å². The molecule has 0 amide bonds. The Bertz CT molecular complexity index is 421. The van der Waals surface area contributed by atoms with Crippen molar-refractivity contribution in [2.45, 2.75) is 32.3 Å². The van der Waals surface area contributed by atoms with Crippen molar-refractivity contribution in [1.82, 2.24) is 0 Å². The molecule has 0 saturated carbocycles. The molecule has 16 heavy (non-hydrogen) atoms. The number of carbonyl (C=O) groups is 1. The van der Waals surface area contributed by atoms with E-state index >= 15 is 0 Å². The van der Waals surface area contributed by atoms with Crippen LogP contribution in [-0.2, 0) is 22.4 Å². The maximum atomic E-state index is 11.5. The Balaban J connectivity index is 2.14. The zero-order valence-electron chi connectivity index (χ0n) is 9.75. The van der Waals surface area contributed by atoms with Crippen LogP contribution >= 0.6 is 0 Å². The fourth-order valence-electron chi connectivity index (χ4n) is 2.15. The van der Waals surface area contributed by atoms with Crippen molar-refractivity contribution in [3.8, 4) is 0 Å². The van der Waals surface area contributed by atoms with Gasteiger partial charge >= 0.3 is 5.97 Å². The van der Waals surface area contributed by atoms with E-state index in [2.05, 4.69) is 18.7 Å². The third kappa shape index (κ3) is 2.01. The number of benzene rings is 1. The average Bonchev–Trinajstić information content (AvgIpc) is 2.53. The number of carbonyl (C=O) groups excluding carboxylic acids is 1. The lowest BCUT2D eigenvalue weighted by Gasteiger charge is -2.24. The molecule has 2 nitrogen and oxygen atoms in total. The Morgan fingerprint density at radius 3 is 2.25 bits per heavy atom. The van der Waals surface area contributed by atoms with Crippen molar-refractivity contribution >= 4 is 5.97 Å². The molecule has 1 aliphatic carbocycles. The van der Waals surface area contributed by atoms with Gasteiger partial charge in [0.05, 0.1) is 0 Å². The third-order valence-electron chi connectivity index (χ3n) is 2.93. The zero-order chi connectivity index (χ0) is 11.8. The molecule has 0 radical (unpaired) electrons. The van der Waals surface area contributed by atoms with Crippen molar-refractivity contribution < 1.29 is 9.53 Å². The normalized spacial score (nSPS) is 16.6. The number of ether oxygens (including phenoxy) is 1. The monoisotopic (exact) mass is 216 g/mol. The molecule has 0 aromatic heterocycles. The van der Waals surface area contributed by atoms with Crippen molar-refractivity contribution in [3.63, 3.8) is 0 Å². The third-order valence-corrected chi connectivity index (χ3v) is 2.93. The largest absolute Gasteiger partial charge is 0.455 e. The van der Waals surface area contributed by atoms with E-state index in [1.807, 2.05) is 19.1 Å². The summed E-state index contributed by atoms with van der Waals surface area (Å²) in [6.45, 7) is 7.26. The second-order valence-electron chi connectivity index (χ2n) is 4.74. The maximum Gasteiger partial charge on any atom is 0.333 e. The number of hydrogen-bond donors (Lipinski definition) is 0. The molecule has 0 bridgehead atoms. The zero-order valence-corrected chi connectivity index (χ0v) is 9.75. The van der Waals surface area contributed by atoms with Gasteiger partial charge in [0.2, 0.25) is 0 Å². The molecule has 1 aliphatic rings. The summed E-state index contributed by atoms with van der Waals surface area (Å²) in [5.74, 6) is -0.296. The van der Waals surface area contributed by atoms with E-state index in [1.165, 1.54) is 11.1 Å². The summed E-state index contributed by atoms with van der Waals surface area (Å²) in [5.41, 5.74) is 2.61. The second-order valence-corrected chi connectivity index (χ2v) is 4.74. The van der Waals surface area contributed by atoms with Crippen LogP contribution in [0.3, 0.4) is 0 Å². The topological polar surface area (TPSA) is 26.3 Å². The molecule has 0 heterocycles. The van der Waals surface area contributed by atoms with Gasteiger partial charge in [-0.25, -0.2) is 4.79 Å². The predicted octanol–water partition coefficient (Wildman–Crippen LogP) is 2.66. The van der Waals surface area contributed by atoms with Crippen LogP contribution in [0, 0.1) is 0 Å². The highest BCUT2D eigenvalue weighted by atomic mass is 16.6. The first-order valence-electron chi connectivity index (χ1n) is 5.46. The minimum absolute atomic E-state index is 0.296. The summed E-state index contributed by atoms with van der Waals surface area (Å²) in [6, 6.07) is 8.22. The van der Waals surface area contributed by atoms with Gasteiger partial charge < -0.3 is 4.74 Å². The van der Waals surface area contributed by atoms with Crippen LogP contribution in [0.2, 0.25) is 0 Å². The Hall–Kier alpha value is -1.57. The molecule has 1 aromatic rings. The average molecular weight is 216 g/mol. The highest BCUT2D eigenvalue weighted by Gasteiger charge is 2.36. The highest BCUT2D eigenvalue weighted by Crippen LogP contribution is 2.32. The molecule has 0 saturated heterocycles. The van der Waals surface area contributed by atoms with Crippen molar-refractivity contribution in [2.24, 2.45) is 0 Å². The molecule has 1 aromatic carbocycles. The van der Waals surface area contributed by atoms with Gasteiger partial charge in [0, 0.05) is 18.4 Å². The van der Waals surface area contributed by atoms with E-state index in [-0.39, 0.29) is 5.97 Å². The second kappa shape index (κ2) is 3.78. The molecule has 0 atom stereocenters. The molecule has 0 fully saturated rings. The number of esters is 1. The van der Waals surface area contributed by atoms with Crippen LogP contribution in [0.15, 0.2) is 36.4 Å². The minimum Gasteiger partial charge on any atom is -0.455 e. The SMILES string of the molecule is C=C(C)C(=O)OC1(C)Cc2ccccc2C1. The quantitative estimate of drug-likeness (QED) is 0.561. The lowest BCUT2D eigenvalue weighted by Crippen LogP contribution is -2.32. The Labute approximate surface area is 95.9 Å². The van der Waals surface area contributed by atoms with E-state index in [1.54, 1.807) is 6.92 Å². The standard InChI is InChI=1S/C14H16O2/c1-10(2)13(15)16-14(3)8-11-6-4-5-7-12(11)9-14/h4-7H,1,8-9H2,2-3H3. The molecule has 0 spiro atoms. The fourth-order valence-corrected chi connectivity index (χ4v) is 2.15. The van der Waals surface area contributed by atoms with Gasteiger partial charge in [-0.2, -0.15) is 0 Å². The number of hydrogen-bond acceptors (Lipinski definition) is 2. The molecule has 0 N–H and O–H groups in total. The van der Waals surface area contributed by atoms with Gasteiger partial charge in [0.25, 0.3) is 0 Å². The maximum absolute atomic E-state index is 11.5. The molecule has 2 rings (SSSR count). The van der Waals surface area contributed by atoms with Gasteiger partial charge in [-0.1, -0.05) is 30.8 Å². The predicted molar refractivity (Wildman–Crippen MR) is 63.2 cm³/mol. The first kappa shape index (κ1) is 10.9. The molecular formula is C14H16O2. The summed E-state index contributed by atoms with van der Waals surface area (Å²) in [5, 5.41) is 0. The van der Waals surface area contributed by atoms with Gasteiger partial charge in [-0.15, -0.1) is 0 Å². The minimum atomic E-state index is -0.403. The lowest BCUT2D eigenvalue weighted by atomic mass is 10.0. The van der Waals surface area contributed by atoms with Crippen LogP contribution in [0.4, 0.5) is 0 Å². The smallest absolute Gasteiger partial charge is 0.333 e. The summed E-state index contributed by atoms with van der Waals surface area (Å²) < 4.78 is 5.50. The lowest BCUT2D eigenvalue weighted by molar-refractivity contribution is -0.152. The van der Waals surface area contributed by atoms with E-state index in [9.17, 15) is 4.79 Å². The fraction of sp³-hybridized carbons (Fsp3) is 0.357. The molecule has 84 valence electrons. The summed E-state index contributed by atoms with van der Waals surface area (Å²) in [7, 11) is 0. The van der Waals surface area contributed by atoms with Gasteiger partial charge in [-0.3, -0.25) is 0 Å². The first-order chi connectivity index (χ1) is 7.50. The number of fused-ring (bicyclic) bond motifs is 1. The van der Waals surface area contributed by atoms with Crippen LogP contribution in [0.5, 0.6) is 0 Å². The Morgan fingerprint density at radius 2 is 1.81 bits per heavy atom. The molecular weight excluding hydrogens is 200 g/mol. The number of rotatable bonds is 2. The van der Waals surface area contributed by atoms with Crippen LogP contribution in [-0.4, -0.2) is 11.6 Å². The molecule has 0 aliphatic heterocycles. The van der Waals surface area contributed by atoms with Gasteiger partial charge in [0.15, 0.2) is 0 Å². The van der Waals surface area contributed by atoms with E-state index in [0.29, 0.717) is 5.57 Å². The van der Waals surface area contributed by atoms with E-state index in [4.69, 9.17) is 4.74 Å². The molecule has 0 unspecified atom stereocenters. The van der Waals surface area contributed by atoms with Crippen molar-refractivity contribution in [3.05, 3.63) is 47.5 Å². The summed E-state index contributed by atoms with van der Waals surface area (Å²) in [6.07, 6.45) is 1.59. The van der Waals surface area contributed by atoms with Crippen molar-refractivity contribution in [1.29, 1.82) is 0 Å². The van der Waals surface area contributed by atoms with E-state index < -0.39 is 5.60 Å². The van der Waals surface area contributed by atoms with Crippen LogP contribution in [0.25, 0.3) is 0 Å². The summed E-state index contributed by atoms with van der Waals surface area (Å²) in [4.78, 5) is 11.5. The molecule has 2 heteroatoms. The van der Waals surface area contributed by atoms with Crippen molar-refractivity contribution in [2.75, 3.05) is 0 Å². The summed E-state index contributed by atoms with van der Waals surface area (Å²) >= 11 is 0. The first-order valence-corrected chi connectivity index (χ1v) is 5.46. The Kier molecular flexibility index (Phi) is 2.58. The Morgan fingerprint density at radius 1 is 1.31 bits per heavy atom. The van der Waals surface area contributed by atoms with Crippen LogP contribution in [0.1, 0.15) is 25.0 Å².